The number of rotatable bonds is 3. The Morgan fingerprint density at radius 3 is 2.93 bits per heavy atom. The first-order chi connectivity index (χ1) is 13.2. The average Bonchev–Trinajstić information content (AvgIpc) is 3.09. The molecule has 138 valence electrons. The van der Waals surface area contributed by atoms with Gasteiger partial charge in [-0.05, 0) is 48.1 Å². The molecule has 0 bridgehead atoms. The molecule has 0 spiro atoms. The van der Waals surface area contributed by atoms with Crippen LogP contribution in [0.25, 0.3) is 0 Å². The second-order valence-electron chi connectivity index (χ2n) is 7.76. The van der Waals surface area contributed by atoms with Gasteiger partial charge in [0.05, 0.1) is 25.6 Å². The molecule has 6 heteroatoms. The molecule has 0 amide bonds. The van der Waals surface area contributed by atoms with E-state index < -0.39 is 5.66 Å². The Hall–Kier alpha value is -2.60. The minimum absolute atomic E-state index is 0.121. The summed E-state index contributed by atoms with van der Waals surface area (Å²) in [6.07, 6.45) is 7.91. The highest BCUT2D eigenvalue weighted by Crippen LogP contribution is 2.57. The molecule has 3 aliphatic heterocycles. The van der Waals surface area contributed by atoms with Crippen LogP contribution in [0.5, 0.6) is 5.75 Å². The number of hydrogen-bond acceptors (Lipinski definition) is 6. The number of Topliss-reactive ketones (excluding diaryl/α,β-unsaturated/α-hetero) is 1. The van der Waals surface area contributed by atoms with Crippen molar-refractivity contribution in [3.8, 4) is 5.75 Å². The van der Waals surface area contributed by atoms with Crippen LogP contribution in [-0.2, 0) is 11.2 Å². The number of nitrogens with zero attached hydrogens (tertiary/aromatic N) is 3. The van der Waals surface area contributed by atoms with Gasteiger partial charge in [-0.25, -0.2) is 0 Å². The van der Waals surface area contributed by atoms with E-state index in [0.29, 0.717) is 25.6 Å². The molecule has 0 aromatic heterocycles. The van der Waals surface area contributed by atoms with Crippen LogP contribution in [-0.4, -0.2) is 44.4 Å². The number of ketones is 1. The minimum Gasteiger partial charge on any atom is -0.497 e. The van der Waals surface area contributed by atoms with Crippen molar-refractivity contribution in [3.63, 3.8) is 0 Å². The summed E-state index contributed by atoms with van der Waals surface area (Å²) in [5.74, 6) is 1.34. The van der Waals surface area contributed by atoms with Crippen LogP contribution in [0, 0.1) is 11.3 Å². The van der Waals surface area contributed by atoms with Crippen LogP contribution in [0.15, 0.2) is 62.8 Å². The maximum Gasteiger partial charge on any atom is 0.199 e. The van der Waals surface area contributed by atoms with Crippen molar-refractivity contribution in [2.45, 2.75) is 18.5 Å². The predicted molar refractivity (Wildman–Crippen MR) is 102 cm³/mol. The second-order valence-corrected chi connectivity index (χ2v) is 7.76. The van der Waals surface area contributed by atoms with Gasteiger partial charge in [-0.3, -0.25) is 9.79 Å². The van der Waals surface area contributed by atoms with Gasteiger partial charge in [-0.15, -0.1) is 0 Å². The molecule has 5 rings (SSSR count). The van der Waals surface area contributed by atoms with E-state index in [-0.39, 0.29) is 11.2 Å². The third-order valence-corrected chi connectivity index (χ3v) is 6.32. The SMILES string of the molecule is COc1ccc(CC2C=CC34N=CC5=C(CNCC5=O)C3(CN=N4)C2)cc1. The Morgan fingerprint density at radius 2 is 2.11 bits per heavy atom. The number of nitrogens with one attached hydrogen (secondary N) is 1. The molecule has 1 aromatic rings. The quantitative estimate of drug-likeness (QED) is 0.840. The molecule has 0 saturated carbocycles. The molecular formula is C21H22N4O2. The molecule has 0 radical (unpaired) electrons. The first-order valence-corrected chi connectivity index (χ1v) is 9.39. The van der Waals surface area contributed by atoms with Crippen LogP contribution >= 0.6 is 0 Å². The van der Waals surface area contributed by atoms with E-state index in [1.807, 2.05) is 12.1 Å². The van der Waals surface area contributed by atoms with Gasteiger partial charge < -0.3 is 10.1 Å². The van der Waals surface area contributed by atoms with Crippen molar-refractivity contribution in [1.82, 2.24) is 5.32 Å². The Bertz CT molecular complexity index is 915. The maximum atomic E-state index is 12.4. The summed E-state index contributed by atoms with van der Waals surface area (Å²) in [5, 5.41) is 12.2. The van der Waals surface area contributed by atoms with Gasteiger partial charge in [0.2, 0.25) is 0 Å². The van der Waals surface area contributed by atoms with Gasteiger partial charge in [0.25, 0.3) is 0 Å². The van der Waals surface area contributed by atoms with Crippen molar-refractivity contribution < 1.29 is 9.53 Å². The lowest BCUT2D eigenvalue weighted by Crippen LogP contribution is -2.54. The smallest absolute Gasteiger partial charge is 0.199 e. The van der Waals surface area contributed by atoms with E-state index in [0.717, 1.165) is 29.7 Å². The topological polar surface area (TPSA) is 75.4 Å². The highest BCUT2D eigenvalue weighted by Gasteiger charge is 2.60. The number of aliphatic imine (C=N–C) groups is 1. The highest BCUT2D eigenvalue weighted by molar-refractivity contribution is 6.16. The summed E-state index contributed by atoms with van der Waals surface area (Å²) in [6.45, 7) is 1.69. The molecule has 1 aromatic carbocycles. The fourth-order valence-corrected chi connectivity index (χ4v) is 4.91. The first-order valence-electron chi connectivity index (χ1n) is 9.39. The monoisotopic (exact) mass is 362 g/mol. The molecule has 0 saturated heterocycles. The number of carbonyl (C=O) groups is 1. The average molecular weight is 362 g/mol. The normalized spacial score (nSPS) is 33.7. The molecule has 4 aliphatic rings. The molecule has 3 heterocycles. The molecule has 27 heavy (non-hydrogen) atoms. The van der Waals surface area contributed by atoms with Gasteiger partial charge in [0, 0.05) is 18.3 Å². The molecule has 3 unspecified atom stereocenters. The highest BCUT2D eigenvalue weighted by atomic mass is 16.5. The molecule has 1 N–H and O–H groups in total. The van der Waals surface area contributed by atoms with Crippen molar-refractivity contribution in [2.75, 3.05) is 26.7 Å². The second kappa shape index (κ2) is 5.96. The number of allylic oxidation sites excluding steroid dienone is 1. The fourth-order valence-electron chi connectivity index (χ4n) is 4.91. The number of hydrogen-bond donors (Lipinski definition) is 1. The number of ether oxygens (including phenoxy) is 1. The van der Waals surface area contributed by atoms with Crippen molar-refractivity contribution in [1.29, 1.82) is 0 Å². The Balaban J connectivity index is 1.49. The Labute approximate surface area is 158 Å². The predicted octanol–water partition coefficient (Wildman–Crippen LogP) is 2.52. The Kier molecular flexibility index (Phi) is 3.65. The summed E-state index contributed by atoms with van der Waals surface area (Å²) < 4.78 is 5.25. The zero-order chi connectivity index (χ0) is 18.5. The fraction of sp³-hybridized carbons (Fsp3) is 0.429. The zero-order valence-electron chi connectivity index (χ0n) is 15.3. The van der Waals surface area contributed by atoms with E-state index >= 15 is 0 Å². The summed E-state index contributed by atoms with van der Waals surface area (Å²) >= 11 is 0. The van der Waals surface area contributed by atoms with Crippen LogP contribution < -0.4 is 10.1 Å². The minimum atomic E-state index is -0.665. The van der Waals surface area contributed by atoms with Crippen molar-refractivity contribution in [3.05, 3.63) is 53.1 Å². The summed E-state index contributed by atoms with van der Waals surface area (Å²) in [5.41, 5.74) is 2.21. The lowest BCUT2D eigenvalue weighted by atomic mass is 9.59. The standard InChI is InChI=1S/C21H22N4O2/c1-27-16-4-2-14(3-5-16)8-15-6-7-21-20(9-15,13-24-25-21)18-11-22-12-19(26)17(18)10-23-21/h2-7,10,15,22H,8-9,11-13H2,1H3. The van der Waals surface area contributed by atoms with Crippen molar-refractivity contribution >= 4 is 12.0 Å². The summed E-state index contributed by atoms with van der Waals surface area (Å²) in [7, 11) is 1.68. The van der Waals surface area contributed by atoms with Crippen LogP contribution in [0.3, 0.4) is 0 Å². The third kappa shape index (κ3) is 2.36. The Morgan fingerprint density at radius 1 is 1.26 bits per heavy atom. The van der Waals surface area contributed by atoms with Gasteiger partial charge in [-0.1, -0.05) is 18.2 Å². The van der Waals surface area contributed by atoms with Gasteiger partial charge >= 0.3 is 0 Å². The van der Waals surface area contributed by atoms with E-state index in [4.69, 9.17) is 9.73 Å². The van der Waals surface area contributed by atoms with Crippen LogP contribution in [0.1, 0.15) is 12.0 Å². The van der Waals surface area contributed by atoms with E-state index in [1.165, 1.54) is 5.56 Å². The zero-order valence-corrected chi connectivity index (χ0v) is 15.3. The molecular weight excluding hydrogens is 340 g/mol. The third-order valence-electron chi connectivity index (χ3n) is 6.32. The number of carbonyl (C=O) groups excluding carboxylic acids is 1. The largest absolute Gasteiger partial charge is 0.497 e. The number of benzene rings is 1. The van der Waals surface area contributed by atoms with Gasteiger partial charge in [0.1, 0.15) is 5.75 Å². The van der Waals surface area contributed by atoms with Crippen LogP contribution in [0.2, 0.25) is 0 Å². The van der Waals surface area contributed by atoms with E-state index in [2.05, 4.69) is 39.8 Å². The lowest BCUT2D eigenvalue weighted by Gasteiger charge is -2.48. The van der Waals surface area contributed by atoms with Gasteiger partial charge in [-0.2, -0.15) is 10.2 Å². The molecule has 6 nitrogen and oxygen atoms in total. The number of methoxy groups -OCH3 is 1. The van der Waals surface area contributed by atoms with Gasteiger partial charge in [0.15, 0.2) is 11.4 Å². The molecule has 0 fully saturated rings. The molecule has 1 aliphatic carbocycles. The van der Waals surface area contributed by atoms with E-state index in [9.17, 15) is 4.79 Å². The summed E-state index contributed by atoms with van der Waals surface area (Å²) in [4.78, 5) is 17.2. The number of azo groups is 1. The van der Waals surface area contributed by atoms with E-state index in [1.54, 1.807) is 13.3 Å². The molecule has 3 atom stereocenters. The van der Waals surface area contributed by atoms with Crippen molar-refractivity contribution in [2.24, 2.45) is 26.6 Å². The summed E-state index contributed by atoms with van der Waals surface area (Å²) in [6, 6.07) is 8.23. The lowest BCUT2D eigenvalue weighted by molar-refractivity contribution is -0.114. The maximum absolute atomic E-state index is 12.4. The number of dihydropyridines is 1. The first kappa shape index (κ1) is 16.6. The van der Waals surface area contributed by atoms with Crippen LogP contribution in [0.4, 0.5) is 0 Å².